The van der Waals surface area contributed by atoms with Crippen molar-refractivity contribution in [2.24, 2.45) is 10.7 Å². The zero-order chi connectivity index (χ0) is 19.8. The summed E-state index contributed by atoms with van der Waals surface area (Å²) >= 11 is 6.90. The van der Waals surface area contributed by atoms with Crippen molar-refractivity contribution in [1.29, 1.82) is 0 Å². The van der Waals surface area contributed by atoms with Crippen LogP contribution in [-0.4, -0.2) is 29.2 Å². The minimum atomic E-state index is -4.56. The lowest BCUT2D eigenvalue weighted by atomic mass is 9.92. The highest BCUT2D eigenvalue weighted by atomic mass is 35.5. The molecule has 0 saturated carbocycles. The number of thiophene rings is 1. The summed E-state index contributed by atoms with van der Waals surface area (Å²) in [5, 5.41) is 4.64. The van der Waals surface area contributed by atoms with E-state index in [-0.39, 0.29) is 5.69 Å². The summed E-state index contributed by atoms with van der Waals surface area (Å²) in [7, 11) is 0. The van der Waals surface area contributed by atoms with Gasteiger partial charge in [-0.2, -0.15) is 13.2 Å². The molecule has 11 heteroatoms. The molecule has 0 radical (unpaired) electrons. The van der Waals surface area contributed by atoms with Crippen molar-refractivity contribution < 1.29 is 22.7 Å². The highest BCUT2D eigenvalue weighted by Crippen LogP contribution is 2.42. The minimum Gasteiger partial charge on any atom is -0.452 e. The maximum Gasteiger partial charge on any atom is 0.425 e. The number of amidine groups is 1. The van der Waals surface area contributed by atoms with Gasteiger partial charge in [0.25, 0.3) is 11.9 Å². The molecule has 3 rings (SSSR count). The molecule has 2 atom stereocenters. The number of hydrogen-bond donors (Lipinski definition) is 2. The molecule has 2 aromatic rings. The highest BCUT2D eigenvalue weighted by Gasteiger charge is 2.49. The predicted octanol–water partition coefficient (Wildman–Crippen LogP) is 3.93. The van der Waals surface area contributed by atoms with Gasteiger partial charge in [-0.3, -0.25) is 4.79 Å². The second-order valence-corrected chi connectivity index (χ2v) is 7.44. The van der Waals surface area contributed by atoms with E-state index >= 15 is 0 Å². The number of rotatable bonds is 3. The van der Waals surface area contributed by atoms with Gasteiger partial charge in [-0.25, -0.2) is 9.98 Å². The number of hydrogen-bond acceptors (Lipinski definition) is 6. The summed E-state index contributed by atoms with van der Waals surface area (Å²) in [5.74, 6) is -0.468. The van der Waals surface area contributed by atoms with Crippen molar-refractivity contribution in [3.05, 3.63) is 45.4 Å². The fourth-order valence-corrected chi connectivity index (χ4v) is 3.66. The van der Waals surface area contributed by atoms with E-state index in [1.165, 1.54) is 29.7 Å². The number of aromatic nitrogens is 1. The number of ether oxygens (including phenoxy) is 1. The fraction of sp³-hybridized carbons (Fsp3) is 0.312. The van der Waals surface area contributed by atoms with Crippen molar-refractivity contribution in [2.75, 3.05) is 5.32 Å². The Hall–Kier alpha value is -2.33. The Morgan fingerprint density at radius 3 is 2.85 bits per heavy atom. The Kier molecular flexibility index (Phi) is 5.04. The van der Waals surface area contributed by atoms with Gasteiger partial charge < -0.3 is 15.8 Å². The van der Waals surface area contributed by atoms with Gasteiger partial charge in [-0.15, -0.1) is 11.3 Å². The molecule has 0 aromatic carbocycles. The molecular weight excluding hydrogens is 405 g/mol. The standard InChI is InChI=1S/C16H14ClF3N4O2S/c1-15(5-11(16(18,19)20)26-14(21)24-15)12-4-9(7-27-12)23-13(25)10-3-2-8(17)6-22-10/h2-4,6-7,11H,5H2,1H3,(H2,21,24)(H,23,25)/t11-,15+/m0/s1. The molecular formula is C16H14ClF3N4O2S. The van der Waals surface area contributed by atoms with Crippen LogP contribution in [0.5, 0.6) is 0 Å². The molecule has 1 aliphatic rings. The van der Waals surface area contributed by atoms with Gasteiger partial charge >= 0.3 is 6.18 Å². The van der Waals surface area contributed by atoms with E-state index in [1.807, 2.05) is 0 Å². The topological polar surface area (TPSA) is 89.6 Å². The van der Waals surface area contributed by atoms with Gasteiger partial charge in [0.2, 0.25) is 0 Å². The van der Waals surface area contributed by atoms with Crippen molar-refractivity contribution >= 4 is 40.6 Å². The molecule has 2 aromatic heterocycles. The van der Waals surface area contributed by atoms with Crippen LogP contribution in [-0.2, 0) is 10.3 Å². The monoisotopic (exact) mass is 418 g/mol. The first-order chi connectivity index (χ1) is 12.6. The maximum atomic E-state index is 13.1. The first-order valence-electron chi connectivity index (χ1n) is 7.67. The summed E-state index contributed by atoms with van der Waals surface area (Å²) < 4.78 is 43.8. The first-order valence-corrected chi connectivity index (χ1v) is 8.93. The summed E-state index contributed by atoms with van der Waals surface area (Å²) in [6, 6.07) is 4.04. The summed E-state index contributed by atoms with van der Waals surface area (Å²) in [6.07, 6.45) is -5.67. The molecule has 0 fully saturated rings. The Morgan fingerprint density at radius 2 is 2.22 bits per heavy atom. The van der Waals surface area contributed by atoms with Gasteiger partial charge in [0.1, 0.15) is 11.2 Å². The van der Waals surface area contributed by atoms with E-state index in [2.05, 4.69) is 20.0 Å². The Bertz CT molecular complexity index is 885. The van der Waals surface area contributed by atoms with Crippen LogP contribution < -0.4 is 11.1 Å². The maximum absolute atomic E-state index is 13.1. The molecule has 27 heavy (non-hydrogen) atoms. The fourth-order valence-electron chi connectivity index (χ4n) is 2.59. The number of nitrogens with two attached hydrogens (primary N) is 1. The molecule has 3 N–H and O–H groups in total. The summed E-state index contributed by atoms with van der Waals surface area (Å²) in [4.78, 5) is 20.7. The van der Waals surface area contributed by atoms with E-state index in [0.29, 0.717) is 15.6 Å². The van der Waals surface area contributed by atoms with Crippen molar-refractivity contribution in [3.63, 3.8) is 0 Å². The zero-order valence-electron chi connectivity index (χ0n) is 13.9. The molecule has 6 nitrogen and oxygen atoms in total. The molecule has 0 bridgehead atoms. The minimum absolute atomic E-state index is 0.156. The third-order valence-electron chi connectivity index (χ3n) is 3.92. The van der Waals surface area contributed by atoms with Crippen molar-refractivity contribution in [2.45, 2.75) is 31.2 Å². The molecule has 3 heterocycles. The second-order valence-electron chi connectivity index (χ2n) is 6.09. The van der Waals surface area contributed by atoms with Crippen molar-refractivity contribution in [1.82, 2.24) is 4.98 Å². The van der Waals surface area contributed by atoms with Crippen LogP contribution in [0.25, 0.3) is 0 Å². The van der Waals surface area contributed by atoms with E-state index in [0.717, 1.165) is 0 Å². The normalized spacial score (nSPS) is 22.7. The molecule has 144 valence electrons. The predicted molar refractivity (Wildman–Crippen MR) is 96.0 cm³/mol. The van der Waals surface area contributed by atoms with Gasteiger partial charge in [-0.05, 0) is 25.1 Å². The Labute approximate surface area is 161 Å². The zero-order valence-corrected chi connectivity index (χ0v) is 15.5. The van der Waals surface area contributed by atoms with Crippen LogP contribution in [0, 0.1) is 0 Å². The number of carbonyl (C=O) groups is 1. The van der Waals surface area contributed by atoms with Crippen LogP contribution in [0.2, 0.25) is 5.02 Å². The quantitative estimate of drug-likeness (QED) is 0.790. The molecule has 0 aliphatic carbocycles. The number of alkyl halides is 3. The van der Waals surface area contributed by atoms with E-state index in [1.54, 1.807) is 18.4 Å². The van der Waals surface area contributed by atoms with Gasteiger partial charge in [-0.1, -0.05) is 11.6 Å². The highest BCUT2D eigenvalue weighted by molar-refractivity contribution is 7.10. The van der Waals surface area contributed by atoms with E-state index < -0.39 is 36.2 Å². The van der Waals surface area contributed by atoms with Gasteiger partial charge in [0.05, 0.1) is 10.7 Å². The average molecular weight is 419 g/mol. The third kappa shape index (κ3) is 4.33. The van der Waals surface area contributed by atoms with Crippen LogP contribution in [0.15, 0.2) is 34.8 Å². The van der Waals surface area contributed by atoms with Crippen LogP contribution in [0.4, 0.5) is 18.9 Å². The number of amides is 1. The second kappa shape index (κ2) is 7.01. The number of halogens is 4. The lowest BCUT2D eigenvalue weighted by Crippen LogP contribution is -2.45. The summed E-state index contributed by atoms with van der Waals surface area (Å²) in [6.45, 7) is 1.54. The summed E-state index contributed by atoms with van der Waals surface area (Å²) in [5.41, 5.74) is 4.82. The first kappa shape index (κ1) is 19.4. The molecule has 0 spiro atoms. The number of aliphatic imine (C=N–C) groups is 1. The van der Waals surface area contributed by atoms with Crippen LogP contribution in [0.1, 0.15) is 28.7 Å². The largest absolute Gasteiger partial charge is 0.452 e. The van der Waals surface area contributed by atoms with Crippen LogP contribution in [0.3, 0.4) is 0 Å². The van der Waals surface area contributed by atoms with E-state index in [4.69, 9.17) is 17.3 Å². The lowest BCUT2D eigenvalue weighted by Gasteiger charge is -2.34. The average Bonchev–Trinajstić information content (AvgIpc) is 3.03. The number of anilines is 1. The Morgan fingerprint density at radius 1 is 1.48 bits per heavy atom. The SMILES string of the molecule is C[C@]1(c2cc(NC(=O)c3ccc(Cl)cn3)cs2)C[C@@H](C(F)(F)F)OC(N)=N1. The smallest absolute Gasteiger partial charge is 0.425 e. The Balaban J connectivity index is 1.79. The number of pyridine rings is 1. The van der Waals surface area contributed by atoms with Crippen molar-refractivity contribution in [3.8, 4) is 0 Å². The van der Waals surface area contributed by atoms with Gasteiger partial charge in [0.15, 0.2) is 6.10 Å². The van der Waals surface area contributed by atoms with Gasteiger partial charge in [0, 0.05) is 22.9 Å². The van der Waals surface area contributed by atoms with E-state index in [9.17, 15) is 18.0 Å². The third-order valence-corrected chi connectivity index (χ3v) is 5.32. The number of nitrogens with zero attached hydrogens (tertiary/aromatic N) is 2. The molecule has 1 amide bonds. The number of nitrogens with one attached hydrogen (secondary N) is 1. The lowest BCUT2D eigenvalue weighted by molar-refractivity contribution is -0.208. The van der Waals surface area contributed by atoms with Crippen LogP contribution >= 0.6 is 22.9 Å². The number of carbonyl (C=O) groups excluding carboxylic acids is 1. The molecule has 0 unspecified atom stereocenters. The molecule has 0 saturated heterocycles. The molecule has 1 aliphatic heterocycles.